The van der Waals surface area contributed by atoms with Crippen LogP contribution in [0, 0.1) is 11.7 Å². The molecular weight excluding hydrogens is 237 g/mol. The number of hydrogen-bond donors (Lipinski definition) is 1. The zero-order chi connectivity index (χ0) is 12.8. The average Bonchev–Trinajstić information content (AvgIpc) is 2.25. The van der Waals surface area contributed by atoms with Crippen LogP contribution >= 0.6 is 12.2 Å². The highest BCUT2D eigenvalue weighted by Gasteiger charge is 2.10. The Morgan fingerprint density at radius 2 is 2.24 bits per heavy atom. The van der Waals surface area contributed by atoms with Crippen molar-refractivity contribution in [3.05, 3.63) is 24.1 Å². The Kier molecular flexibility index (Phi) is 5.28. The monoisotopic (exact) mass is 255 g/mol. The molecule has 94 valence electrons. The van der Waals surface area contributed by atoms with Gasteiger partial charge in [0, 0.05) is 19.5 Å². The minimum Gasteiger partial charge on any atom is -0.393 e. The van der Waals surface area contributed by atoms with E-state index in [-0.39, 0.29) is 5.82 Å². The van der Waals surface area contributed by atoms with Crippen molar-refractivity contribution in [1.29, 1.82) is 0 Å². The fourth-order valence-electron chi connectivity index (χ4n) is 1.54. The lowest BCUT2D eigenvalue weighted by atomic mass is 10.2. The molecule has 0 spiro atoms. The maximum absolute atomic E-state index is 12.8. The summed E-state index contributed by atoms with van der Waals surface area (Å²) in [4.78, 5) is 6.64. The molecule has 0 radical (unpaired) electrons. The average molecular weight is 255 g/mol. The molecule has 1 aromatic rings. The summed E-state index contributed by atoms with van der Waals surface area (Å²) in [5, 5.41) is 0. The van der Waals surface area contributed by atoms with E-state index in [9.17, 15) is 4.39 Å². The lowest BCUT2D eigenvalue weighted by Gasteiger charge is -2.25. The van der Waals surface area contributed by atoms with Crippen LogP contribution < -0.4 is 10.6 Å². The van der Waals surface area contributed by atoms with Gasteiger partial charge in [-0.15, -0.1) is 0 Å². The van der Waals surface area contributed by atoms with Crippen LogP contribution in [0.15, 0.2) is 18.3 Å². The van der Waals surface area contributed by atoms with Crippen molar-refractivity contribution >= 4 is 23.0 Å². The van der Waals surface area contributed by atoms with Crippen molar-refractivity contribution in [3.63, 3.8) is 0 Å². The molecule has 0 fully saturated rings. The van der Waals surface area contributed by atoms with Gasteiger partial charge in [-0.3, -0.25) is 0 Å². The summed E-state index contributed by atoms with van der Waals surface area (Å²) in [7, 11) is 0. The molecule has 1 rings (SSSR count). The highest BCUT2D eigenvalue weighted by atomic mass is 32.1. The molecule has 0 aliphatic carbocycles. The third-order valence-electron chi connectivity index (χ3n) is 2.25. The Labute approximate surface area is 107 Å². The van der Waals surface area contributed by atoms with Crippen LogP contribution in [0.4, 0.5) is 10.2 Å². The van der Waals surface area contributed by atoms with E-state index in [4.69, 9.17) is 18.0 Å². The van der Waals surface area contributed by atoms with Crippen LogP contribution in [0.5, 0.6) is 0 Å². The molecule has 1 aromatic heterocycles. The van der Waals surface area contributed by atoms with Gasteiger partial charge in [-0.1, -0.05) is 26.1 Å². The smallest absolute Gasteiger partial charge is 0.141 e. The summed E-state index contributed by atoms with van der Waals surface area (Å²) < 4.78 is 12.8. The molecule has 3 nitrogen and oxygen atoms in total. The second-order valence-electron chi connectivity index (χ2n) is 4.39. The Morgan fingerprint density at radius 3 is 2.71 bits per heavy atom. The molecule has 0 atom stereocenters. The van der Waals surface area contributed by atoms with Crippen LogP contribution in [-0.4, -0.2) is 23.1 Å². The van der Waals surface area contributed by atoms with Crippen molar-refractivity contribution in [1.82, 2.24) is 4.98 Å². The predicted molar refractivity (Wildman–Crippen MR) is 72.6 cm³/mol. The zero-order valence-corrected chi connectivity index (χ0v) is 11.0. The van der Waals surface area contributed by atoms with Crippen molar-refractivity contribution in [2.75, 3.05) is 18.0 Å². The van der Waals surface area contributed by atoms with Crippen molar-refractivity contribution in [3.8, 4) is 0 Å². The van der Waals surface area contributed by atoms with Crippen LogP contribution in [0.2, 0.25) is 0 Å². The highest BCUT2D eigenvalue weighted by Crippen LogP contribution is 2.13. The molecule has 0 saturated carbocycles. The number of nitrogens with zero attached hydrogens (tertiary/aromatic N) is 2. The molecule has 0 aromatic carbocycles. The summed E-state index contributed by atoms with van der Waals surface area (Å²) in [6, 6.07) is 3.09. The van der Waals surface area contributed by atoms with E-state index in [0.29, 0.717) is 23.9 Å². The van der Waals surface area contributed by atoms with E-state index in [1.54, 1.807) is 6.07 Å². The predicted octanol–water partition coefficient (Wildman–Crippen LogP) is 2.36. The highest BCUT2D eigenvalue weighted by molar-refractivity contribution is 7.80. The molecule has 0 bridgehead atoms. The summed E-state index contributed by atoms with van der Waals surface area (Å²) >= 11 is 4.87. The molecule has 1 heterocycles. The van der Waals surface area contributed by atoms with Crippen LogP contribution in [0.1, 0.15) is 20.3 Å². The third kappa shape index (κ3) is 5.08. The minimum atomic E-state index is -0.326. The lowest BCUT2D eigenvalue weighted by molar-refractivity contribution is 0.601. The van der Waals surface area contributed by atoms with Gasteiger partial charge in [-0.05, 0) is 18.1 Å². The van der Waals surface area contributed by atoms with Crippen molar-refractivity contribution in [2.24, 2.45) is 11.7 Å². The van der Waals surface area contributed by atoms with Crippen molar-refractivity contribution in [2.45, 2.75) is 20.3 Å². The molecule has 0 aliphatic rings. The van der Waals surface area contributed by atoms with Crippen molar-refractivity contribution < 1.29 is 4.39 Å². The zero-order valence-electron chi connectivity index (χ0n) is 10.2. The van der Waals surface area contributed by atoms with Crippen LogP contribution in [0.3, 0.4) is 0 Å². The third-order valence-corrected chi connectivity index (χ3v) is 2.45. The number of nitrogens with two attached hydrogens (primary N) is 1. The van der Waals surface area contributed by atoms with Gasteiger partial charge in [0.1, 0.15) is 11.6 Å². The Hall–Kier alpha value is -1.23. The van der Waals surface area contributed by atoms with Gasteiger partial charge in [0.25, 0.3) is 0 Å². The fourth-order valence-corrected chi connectivity index (χ4v) is 1.63. The molecular formula is C12H18FN3S. The van der Waals surface area contributed by atoms with E-state index >= 15 is 0 Å². The van der Waals surface area contributed by atoms with E-state index in [1.807, 2.05) is 0 Å². The minimum absolute atomic E-state index is 0.326. The topological polar surface area (TPSA) is 42.1 Å². The van der Waals surface area contributed by atoms with Crippen LogP contribution in [0.25, 0.3) is 0 Å². The largest absolute Gasteiger partial charge is 0.393 e. The van der Waals surface area contributed by atoms with Gasteiger partial charge in [0.2, 0.25) is 0 Å². The number of anilines is 1. The van der Waals surface area contributed by atoms with Gasteiger partial charge >= 0.3 is 0 Å². The SMILES string of the molecule is CC(C)CN(CCC(N)=S)c1ccc(F)cn1. The standard InChI is InChI=1S/C12H18FN3S/c1-9(2)8-16(6-5-11(14)17)12-4-3-10(13)7-15-12/h3-4,7,9H,5-6,8H2,1-2H3,(H2,14,17). The summed E-state index contributed by atoms with van der Waals surface area (Å²) in [5.41, 5.74) is 5.50. The first-order chi connectivity index (χ1) is 7.99. The molecule has 2 N–H and O–H groups in total. The molecule has 17 heavy (non-hydrogen) atoms. The lowest BCUT2D eigenvalue weighted by Crippen LogP contribution is -2.31. The van der Waals surface area contributed by atoms with Gasteiger partial charge in [0.15, 0.2) is 0 Å². The van der Waals surface area contributed by atoms with E-state index in [0.717, 1.165) is 12.4 Å². The normalized spacial score (nSPS) is 10.6. The summed E-state index contributed by atoms with van der Waals surface area (Å²) in [5.74, 6) is 0.928. The first-order valence-corrected chi connectivity index (χ1v) is 6.04. The quantitative estimate of drug-likeness (QED) is 0.792. The number of thiocarbonyl (C=S) groups is 1. The summed E-state index contributed by atoms with van der Waals surface area (Å²) in [6.45, 7) is 5.81. The molecule has 5 heteroatoms. The van der Waals surface area contributed by atoms with Gasteiger partial charge in [0.05, 0.1) is 11.2 Å². The Morgan fingerprint density at radius 1 is 1.53 bits per heavy atom. The van der Waals surface area contributed by atoms with E-state index in [2.05, 4.69) is 23.7 Å². The molecule has 0 unspecified atom stereocenters. The van der Waals surface area contributed by atoms with Gasteiger partial charge in [-0.25, -0.2) is 9.37 Å². The second-order valence-corrected chi connectivity index (χ2v) is 4.92. The first kappa shape index (κ1) is 13.8. The second kappa shape index (κ2) is 6.49. The first-order valence-electron chi connectivity index (χ1n) is 5.64. The molecule has 0 amide bonds. The molecule has 0 aliphatic heterocycles. The Bertz CT molecular complexity index is 365. The number of pyridine rings is 1. The maximum atomic E-state index is 12.8. The Balaban J connectivity index is 2.74. The molecule has 0 saturated heterocycles. The fraction of sp³-hybridized carbons (Fsp3) is 0.500. The summed E-state index contributed by atoms with van der Waals surface area (Å²) in [6.07, 6.45) is 1.87. The van der Waals surface area contributed by atoms with Gasteiger partial charge < -0.3 is 10.6 Å². The van der Waals surface area contributed by atoms with Crippen LogP contribution in [-0.2, 0) is 0 Å². The number of aromatic nitrogens is 1. The van der Waals surface area contributed by atoms with E-state index < -0.39 is 0 Å². The number of hydrogen-bond acceptors (Lipinski definition) is 3. The van der Waals surface area contributed by atoms with Gasteiger partial charge in [-0.2, -0.15) is 0 Å². The van der Waals surface area contributed by atoms with E-state index in [1.165, 1.54) is 12.3 Å². The maximum Gasteiger partial charge on any atom is 0.141 e. The number of rotatable bonds is 6. The number of halogens is 1.